The van der Waals surface area contributed by atoms with Crippen molar-refractivity contribution in [2.45, 2.75) is 26.9 Å². The Labute approximate surface area is 179 Å². The van der Waals surface area contributed by atoms with E-state index in [-0.39, 0.29) is 17.2 Å². The minimum atomic E-state index is -0.249. The average Bonchev–Trinajstić information content (AvgIpc) is 3.45. The number of hydrogen-bond acceptors (Lipinski definition) is 4. The van der Waals surface area contributed by atoms with Crippen molar-refractivity contribution in [3.8, 4) is 11.5 Å². The zero-order valence-electron chi connectivity index (χ0n) is 17.6. The molecule has 4 aromatic rings. The molecule has 1 aliphatic heterocycles. The Morgan fingerprint density at radius 3 is 2.48 bits per heavy atom. The number of carbonyl (C=O) groups is 1. The van der Waals surface area contributed by atoms with Gasteiger partial charge in [-0.15, -0.1) is 0 Å². The molecule has 1 amide bonds. The minimum absolute atomic E-state index is 0.217. The molecule has 3 aromatic heterocycles. The van der Waals surface area contributed by atoms with E-state index in [9.17, 15) is 9.59 Å². The second-order valence-corrected chi connectivity index (χ2v) is 7.88. The van der Waals surface area contributed by atoms with Gasteiger partial charge in [0, 0.05) is 31.1 Å². The first-order valence-electron chi connectivity index (χ1n) is 10.1. The second kappa shape index (κ2) is 7.09. The molecule has 0 saturated carbocycles. The molecule has 0 spiro atoms. The molecule has 0 bridgehead atoms. The molecule has 0 fully saturated rings. The lowest BCUT2D eigenvalue weighted by Gasteiger charge is -2.18. The first kappa shape index (κ1) is 19.0. The Kier molecular flexibility index (Phi) is 4.35. The lowest BCUT2D eigenvalue weighted by atomic mass is 10.1. The Hall–Kier alpha value is -3.94. The zero-order chi connectivity index (χ0) is 21.7. The quantitative estimate of drug-likeness (QED) is 0.516. The zero-order valence-corrected chi connectivity index (χ0v) is 17.6. The van der Waals surface area contributed by atoms with Crippen molar-refractivity contribution in [1.82, 2.24) is 29.0 Å². The summed E-state index contributed by atoms with van der Waals surface area (Å²) in [6.45, 7) is 4.97. The SMILES string of the molecule is Cc1ccc(-n2nc3c(c2-n2cccc2)CN(C(=O)c2ccc(=O)n(C)n2)C3)c(C)c1. The highest BCUT2D eigenvalue weighted by Gasteiger charge is 2.32. The number of nitrogens with zero attached hydrogens (tertiary/aromatic N) is 6. The van der Waals surface area contributed by atoms with E-state index < -0.39 is 0 Å². The van der Waals surface area contributed by atoms with Crippen LogP contribution in [0.15, 0.2) is 59.7 Å². The first-order chi connectivity index (χ1) is 14.9. The highest BCUT2D eigenvalue weighted by atomic mass is 16.2. The molecule has 4 heterocycles. The Bertz CT molecular complexity index is 1360. The standard InChI is InChI=1S/C23H22N6O2/c1-15-6-8-20(16(2)12-15)29-22(27-10-4-5-11-27)17-13-28(14-19(17)25-29)23(31)18-7-9-21(30)26(3)24-18/h4-12H,13-14H2,1-3H3. The Morgan fingerprint density at radius 2 is 1.77 bits per heavy atom. The number of aryl methyl sites for hydroxylation is 3. The highest BCUT2D eigenvalue weighted by Crippen LogP contribution is 2.32. The third-order valence-corrected chi connectivity index (χ3v) is 5.63. The fraction of sp³-hybridized carbons (Fsp3) is 0.217. The van der Waals surface area contributed by atoms with Gasteiger partial charge >= 0.3 is 0 Å². The van der Waals surface area contributed by atoms with Crippen molar-refractivity contribution < 1.29 is 4.79 Å². The highest BCUT2D eigenvalue weighted by molar-refractivity contribution is 5.92. The van der Waals surface area contributed by atoms with Crippen LogP contribution < -0.4 is 5.56 Å². The normalized spacial score (nSPS) is 12.9. The molecular formula is C23H22N6O2. The van der Waals surface area contributed by atoms with Crippen molar-refractivity contribution in [3.05, 3.63) is 93.3 Å². The van der Waals surface area contributed by atoms with Gasteiger partial charge in [0.2, 0.25) is 0 Å². The Morgan fingerprint density at radius 1 is 1.00 bits per heavy atom. The van der Waals surface area contributed by atoms with Crippen LogP contribution in [0.1, 0.15) is 32.9 Å². The lowest BCUT2D eigenvalue weighted by molar-refractivity contribution is 0.0740. The van der Waals surface area contributed by atoms with Crippen LogP contribution in [-0.4, -0.2) is 34.9 Å². The van der Waals surface area contributed by atoms with Crippen molar-refractivity contribution >= 4 is 5.91 Å². The van der Waals surface area contributed by atoms with Crippen LogP contribution in [0.25, 0.3) is 11.5 Å². The van der Waals surface area contributed by atoms with Gasteiger partial charge < -0.3 is 9.47 Å². The largest absolute Gasteiger partial charge is 0.327 e. The fourth-order valence-electron chi connectivity index (χ4n) is 4.08. The maximum atomic E-state index is 13.0. The van der Waals surface area contributed by atoms with E-state index in [1.165, 1.54) is 29.4 Å². The van der Waals surface area contributed by atoms with Crippen LogP contribution in [-0.2, 0) is 20.1 Å². The summed E-state index contributed by atoms with van der Waals surface area (Å²) < 4.78 is 5.17. The maximum absolute atomic E-state index is 13.0. The molecule has 8 nitrogen and oxygen atoms in total. The van der Waals surface area contributed by atoms with Gasteiger partial charge in [0.25, 0.3) is 11.5 Å². The summed E-state index contributed by atoms with van der Waals surface area (Å²) in [5.74, 6) is 0.709. The molecule has 1 aliphatic rings. The third-order valence-electron chi connectivity index (χ3n) is 5.63. The summed E-state index contributed by atoms with van der Waals surface area (Å²) in [6.07, 6.45) is 3.96. The number of hydrogen-bond donors (Lipinski definition) is 0. The number of carbonyl (C=O) groups excluding carboxylic acids is 1. The van der Waals surface area contributed by atoms with E-state index >= 15 is 0 Å². The van der Waals surface area contributed by atoms with Gasteiger partial charge in [0.05, 0.1) is 24.5 Å². The molecular weight excluding hydrogens is 392 g/mol. The predicted octanol–water partition coefficient (Wildman–Crippen LogP) is 2.53. The van der Waals surface area contributed by atoms with E-state index in [4.69, 9.17) is 5.10 Å². The van der Waals surface area contributed by atoms with Crippen LogP contribution in [0.5, 0.6) is 0 Å². The van der Waals surface area contributed by atoms with Crippen LogP contribution in [0.4, 0.5) is 0 Å². The van der Waals surface area contributed by atoms with Gasteiger partial charge in [0.15, 0.2) is 0 Å². The van der Waals surface area contributed by atoms with Crippen LogP contribution in [0.3, 0.4) is 0 Å². The number of rotatable bonds is 3. The van der Waals surface area contributed by atoms with Crippen LogP contribution >= 0.6 is 0 Å². The first-order valence-corrected chi connectivity index (χ1v) is 10.1. The monoisotopic (exact) mass is 414 g/mol. The van der Waals surface area contributed by atoms with Crippen molar-refractivity contribution in [2.24, 2.45) is 7.05 Å². The van der Waals surface area contributed by atoms with Gasteiger partial charge in [0.1, 0.15) is 11.5 Å². The van der Waals surface area contributed by atoms with Crippen LogP contribution in [0, 0.1) is 13.8 Å². The van der Waals surface area contributed by atoms with Gasteiger partial charge in [-0.25, -0.2) is 9.36 Å². The van der Waals surface area contributed by atoms with Gasteiger partial charge in [-0.2, -0.15) is 10.2 Å². The Balaban J connectivity index is 1.56. The average molecular weight is 414 g/mol. The van der Waals surface area contributed by atoms with E-state index in [0.717, 1.165) is 28.3 Å². The number of aromatic nitrogens is 5. The smallest absolute Gasteiger partial charge is 0.274 e. The van der Waals surface area contributed by atoms with E-state index in [1.807, 2.05) is 33.8 Å². The third kappa shape index (κ3) is 3.16. The summed E-state index contributed by atoms with van der Waals surface area (Å²) in [7, 11) is 1.54. The van der Waals surface area contributed by atoms with Gasteiger partial charge in [-0.1, -0.05) is 17.7 Å². The lowest BCUT2D eigenvalue weighted by Crippen LogP contribution is -2.30. The summed E-state index contributed by atoms with van der Waals surface area (Å²) in [6, 6.07) is 13.1. The molecule has 1 aromatic carbocycles. The second-order valence-electron chi connectivity index (χ2n) is 7.88. The fourth-order valence-corrected chi connectivity index (χ4v) is 4.08. The number of amides is 1. The molecule has 0 radical (unpaired) electrons. The molecule has 5 rings (SSSR count). The minimum Gasteiger partial charge on any atom is -0.327 e. The van der Waals surface area contributed by atoms with Crippen molar-refractivity contribution in [3.63, 3.8) is 0 Å². The molecule has 0 saturated heterocycles. The maximum Gasteiger partial charge on any atom is 0.274 e. The van der Waals surface area contributed by atoms with Crippen LogP contribution in [0.2, 0.25) is 0 Å². The molecule has 0 atom stereocenters. The molecule has 31 heavy (non-hydrogen) atoms. The number of fused-ring (bicyclic) bond motifs is 1. The van der Waals surface area contributed by atoms with E-state index in [0.29, 0.717) is 13.1 Å². The topological polar surface area (TPSA) is 78.0 Å². The molecule has 0 unspecified atom stereocenters. The summed E-state index contributed by atoms with van der Waals surface area (Å²) in [5.41, 5.74) is 5.22. The predicted molar refractivity (Wildman–Crippen MR) is 115 cm³/mol. The molecule has 8 heteroatoms. The van der Waals surface area contributed by atoms with Gasteiger partial charge in [-0.05, 0) is 43.7 Å². The summed E-state index contributed by atoms with van der Waals surface area (Å²) in [4.78, 5) is 26.3. The van der Waals surface area contributed by atoms with E-state index in [2.05, 4.69) is 37.1 Å². The van der Waals surface area contributed by atoms with Gasteiger partial charge in [-0.3, -0.25) is 9.59 Å². The van der Waals surface area contributed by atoms with Crippen molar-refractivity contribution in [1.29, 1.82) is 0 Å². The summed E-state index contributed by atoms with van der Waals surface area (Å²) in [5, 5.41) is 9.00. The van der Waals surface area contributed by atoms with Crippen molar-refractivity contribution in [2.75, 3.05) is 0 Å². The molecule has 156 valence electrons. The summed E-state index contributed by atoms with van der Waals surface area (Å²) >= 11 is 0. The molecule has 0 aliphatic carbocycles. The van der Waals surface area contributed by atoms with E-state index in [1.54, 1.807) is 4.90 Å². The molecule has 0 N–H and O–H groups in total. The number of benzene rings is 1.